The van der Waals surface area contributed by atoms with Gasteiger partial charge in [0.15, 0.2) is 5.65 Å². The summed E-state index contributed by atoms with van der Waals surface area (Å²) in [5.41, 5.74) is 6.57. The molecule has 3 aromatic rings. The van der Waals surface area contributed by atoms with Crippen molar-refractivity contribution < 1.29 is 0 Å². The molecule has 3 aromatic heterocycles. The quantitative estimate of drug-likeness (QED) is 0.773. The van der Waals surface area contributed by atoms with Gasteiger partial charge in [-0.25, -0.2) is 0 Å². The predicted octanol–water partition coefficient (Wildman–Crippen LogP) is 1.55. The number of hydrogen-bond donors (Lipinski definition) is 1. The van der Waals surface area contributed by atoms with E-state index >= 15 is 0 Å². The third kappa shape index (κ3) is 2.21. The molecule has 1 fully saturated rings. The maximum Gasteiger partial charge on any atom is 0.210 e. The number of hydrogen-bond acceptors (Lipinski definition) is 7. The maximum atomic E-state index is 5.68. The summed E-state index contributed by atoms with van der Waals surface area (Å²) in [4.78, 5) is 2.24. The second-order valence-corrected chi connectivity index (χ2v) is 6.18. The highest BCUT2D eigenvalue weighted by atomic mass is 32.1. The summed E-state index contributed by atoms with van der Waals surface area (Å²) in [6, 6.07) is 5.96. The Balaban J connectivity index is 1.63. The third-order valence-corrected chi connectivity index (χ3v) is 4.64. The van der Waals surface area contributed by atoms with E-state index < -0.39 is 0 Å². The Hall–Kier alpha value is -2.22. The van der Waals surface area contributed by atoms with Crippen LogP contribution in [-0.2, 0) is 0 Å². The van der Waals surface area contributed by atoms with Gasteiger partial charge in [-0.1, -0.05) is 17.4 Å². The number of pyridine rings is 1. The van der Waals surface area contributed by atoms with Crippen LogP contribution in [0.1, 0.15) is 24.6 Å². The molecule has 0 saturated carbocycles. The zero-order chi connectivity index (χ0) is 14.2. The molecule has 4 rings (SSSR count). The monoisotopic (exact) mass is 301 g/mol. The van der Waals surface area contributed by atoms with Crippen LogP contribution in [0.2, 0.25) is 0 Å². The standard InChI is InChI=1S/C13H15N7S/c14-12-17-18-13(21-12)19-6-3-4-9(8-19)11-16-15-10-5-1-2-7-20(10)11/h1-2,5,7,9H,3-4,6,8H2,(H2,14,17). The topological polar surface area (TPSA) is 85.2 Å². The van der Waals surface area contributed by atoms with Crippen LogP contribution in [0.4, 0.5) is 10.3 Å². The van der Waals surface area contributed by atoms with E-state index in [4.69, 9.17) is 5.73 Å². The van der Waals surface area contributed by atoms with Crippen LogP contribution in [0.3, 0.4) is 0 Å². The normalized spacial score (nSPS) is 19.2. The number of nitrogen functional groups attached to an aromatic ring is 1. The number of aromatic nitrogens is 5. The number of rotatable bonds is 2. The molecule has 21 heavy (non-hydrogen) atoms. The van der Waals surface area contributed by atoms with Crippen molar-refractivity contribution in [3.8, 4) is 0 Å². The molecule has 0 bridgehead atoms. The SMILES string of the molecule is Nc1nnc(N2CCCC(c3nnc4ccccn34)C2)s1. The smallest absolute Gasteiger partial charge is 0.210 e. The van der Waals surface area contributed by atoms with Gasteiger partial charge in [0.2, 0.25) is 10.3 Å². The van der Waals surface area contributed by atoms with E-state index in [-0.39, 0.29) is 0 Å². The van der Waals surface area contributed by atoms with Gasteiger partial charge < -0.3 is 10.6 Å². The molecule has 4 heterocycles. The molecule has 1 aliphatic heterocycles. The molecule has 7 nitrogen and oxygen atoms in total. The van der Waals surface area contributed by atoms with Gasteiger partial charge in [0, 0.05) is 25.2 Å². The fourth-order valence-corrected chi connectivity index (χ4v) is 3.50. The molecule has 1 aliphatic rings. The van der Waals surface area contributed by atoms with Crippen LogP contribution in [-0.4, -0.2) is 37.9 Å². The van der Waals surface area contributed by atoms with Gasteiger partial charge in [0.25, 0.3) is 0 Å². The average molecular weight is 301 g/mol. The Labute approximate surface area is 125 Å². The second kappa shape index (κ2) is 4.96. The summed E-state index contributed by atoms with van der Waals surface area (Å²) >= 11 is 1.44. The minimum absolute atomic E-state index is 0.348. The van der Waals surface area contributed by atoms with Crippen LogP contribution in [0.25, 0.3) is 5.65 Å². The second-order valence-electron chi connectivity index (χ2n) is 5.20. The number of nitrogens with two attached hydrogens (primary N) is 1. The molecule has 1 atom stereocenters. The largest absolute Gasteiger partial charge is 0.374 e. The van der Waals surface area contributed by atoms with Gasteiger partial charge in [-0.3, -0.25) is 4.40 Å². The zero-order valence-corrected chi connectivity index (χ0v) is 12.2. The highest BCUT2D eigenvalue weighted by Gasteiger charge is 2.26. The van der Waals surface area contributed by atoms with E-state index in [1.165, 1.54) is 11.3 Å². The highest BCUT2D eigenvalue weighted by molar-refractivity contribution is 7.18. The molecular formula is C13H15N7S. The average Bonchev–Trinajstić information content (AvgIpc) is 3.13. The lowest BCUT2D eigenvalue weighted by atomic mass is 9.97. The molecule has 0 aromatic carbocycles. The minimum Gasteiger partial charge on any atom is -0.374 e. The van der Waals surface area contributed by atoms with E-state index in [0.717, 1.165) is 42.5 Å². The maximum absolute atomic E-state index is 5.68. The molecule has 0 spiro atoms. The first-order valence-corrected chi connectivity index (χ1v) is 7.76. The van der Waals surface area contributed by atoms with Crippen molar-refractivity contribution in [2.75, 3.05) is 23.7 Å². The van der Waals surface area contributed by atoms with E-state index in [2.05, 4.69) is 29.7 Å². The first-order chi connectivity index (χ1) is 10.3. The van der Waals surface area contributed by atoms with E-state index in [1.807, 2.05) is 24.4 Å². The van der Waals surface area contributed by atoms with Crippen LogP contribution in [0, 0.1) is 0 Å². The van der Waals surface area contributed by atoms with Gasteiger partial charge in [-0.05, 0) is 25.0 Å². The van der Waals surface area contributed by atoms with Crippen molar-refractivity contribution in [3.63, 3.8) is 0 Å². The molecule has 1 saturated heterocycles. The van der Waals surface area contributed by atoms with Gasteiger partial charge >= 0.3 is 0 Å². The first kappa shape index (κ1) is 12.5. The summed E-state index contributed by atoms with van der Waals surface area (Å²) in [6.07, 6.45) is 4.24. The number of piperidine rings is 1. The van der Waals surface area contributed by atoms with E-state index in [1.54, 1.807) is 0 Å². The number of nitrogens with zero attached hydrogens (tertiary/aromatic N) is 6. The first-order valence-electron chi connectivity index (χ1n) is 6.95. The van der Waals surface area contributed by atoms with Crippen molar-refractivity contribution in [3.05, 3.63) is 30.2 Å². The summed E-state index contributed by atoms with van der Waals surface area (Å²) in [7, 11) is 0. The molecule has 0 radical (unpaired) electrons. The fourth-order valence-electron chi connectivity index (χ4n) is 2.85. The lowest BCUT2D eigenvalue weighted by Gasteiger charge is -2.31. The Morgan fingerprint density at radius 1 is 1.19 bits per heavy atom. The number of fused-ring (bicyclic) bond motifs is 1. The molecule has 0 amide bonds. The molecular weight excluding hydrogens is 286 g/mol. The third-order valence-electron chi connectivity index (χ3n) is 3.83. The van der Waals surface area contributed by atoms with Gasteiger partial charge in [-0.2, -0.15) is 0 Å². The Morgan fingerprint density at radius 2 is 2.14 bits per heavy atom. The van der Waals surface area contributed by atoms with Crippen molar-refractivity contribution >= 4 is 27.2 Å². The van der Waals surface area contributed by atoms with Crippen LogP contribution in [0.15, 0.2) is 24.4 Å². The molecule has 8 heteroatoms. The van der Waals surface area contributed by atoms with Gasteiger partial charge in [-0.15, -0.1) is 20.4 Å². The van der Waals surface area contributed by atoms with Crippen LogP contribution >= 0.6 is 11.3 Å². The summed E-state index contributed by atoms with van der Waals surface area (Å²) in [6.45, 7) is 1.87. The lowest BCUT2D eigenvalue weighted by Crippen LogP contribution is -2.35. The summed E-state index contributed by atoms with van der Waals surface area (Å²) in [5, 5.41) is 18.1. The van der Waals surface area contributed by atoms with Crippen molar-refractivity contribution in [1.82, 2.24) is 24.8 Å². The highest BCUT2D eigenvalue weighted by Crippen LogP contribution is 2.31. The van der Waals surface area contributed by atoms with Crippen molar-refractivity contribution in [1.29, 1.82) is 0 Å². The van der Waals surface area contributed by atoms with E-state index in [0.29, 0.717) is 11.0 Å². The van der Waals surface area contributed by atoms with Crippen molar-refractivity contribution in [2.45, 2.75) is 18.8 Å². The summed E-state index contributed by atoms with van der Waals surface area (Å²) < 4.78 is 2.07. The van der Waals surface area contributed by atoms with Gasteiger partial charge in [0.1, 0.15) is 5.82 Å². The molecule has 1 unspecified atom stereocenters. The molecule has 2 N–H and O–H groups in total. The Kier molecular flexibility index (Phi) is 2.95. The number of anilines is 2. The molecule has 108 valence electrons. The molecule has 0 aliphatic carbocycles. The van der Waals surface area contributed by atoms with E-state index in [9.17, 15) is 0 Å². The predicted molar refractivity (Wildman–Crippen MR) is 81.5 cm³/mol. The lowest BCUT2D eigenvalue weighted by molar-refractivity contribution is 0.487. The fraction of sp³-hybridized carbons (Fsp3) is 0.385. The van der Waals surface area contributed by atoms with Crippen molar-refractivity contribution in [2.24, 2.45) is 0 Å². The van der Waals surface area contributed by atoms with Crippen LogP contribution < -0.4 is 10.6 Å². The zero-order valence-electron chi connectivity index (χ0n) is 11.4. The minimum atomic E-state index is 0.348. The van der Waals surface area contributed by atoms with Crippen LogP contribution in [0.5, 0.6) is 0 Å². The Bertz CT molecular complexity index is 765. The Morgan fingerprint density at radius 3 is 3.00 bits per heavy atom. The summed E-state index contributed by atoms with van der Waals surface area (Å²) in [5.74, 6) is 1.37. The van der Waals surface area contributed by atoms with Gasteiger partial charge in [0.05, 0.1) is 0 Å².